The minimum Gasteiger partial charge on any atom is -0.365 e. The van der Waals surface area contributed by atoms with Crippen molar-refractivity contribution in [2.45, 2.75) is 0 Å². The van der Waals surface area contributed by atoms with Crippen LogP contribution in [0.3, 0.4) is 0 Å². The molecule has 2 aromatic heterocycles. The molecular formula is C15H13N3OS2. The van der Waals surface area contributed by atoms with Gasteiger partial charge < -0.3 is 10.6 Å². The Kier molecular flexibility index (Phi) is 3.98. The minimum absolute atomic E-state index is 0.0867. The van der Waals surface area contributed by atoms with E-state index in [0.717, 1.165) is 22.1 Å². The van der Waals surface area contributed by atoms with Crippen LogP contribution < -0.4 is 10.6 Å². The second-order valence-electron chi connectivity index (χ2n) is 4.30. The maximum atomic E-state index is 12.0. The Balaban J connectivity index is 1.81. The van der Waals surface area contributed by atoms with Crippen molar-refractivity contribution < 1.29 is 4.79 Å². The number of thiophene rings is 1. The Bertz CT molecular complexity index is 750. The summed E-state index contributed by atoms with van der Waals surface area (Å²) in [5.41, 5.74) is 2.65. The molecule has 4 nitrogen and oxygen atoms in total. The van der Waals surface area contributed by atoms with Crippen LogP contribution >= 0.6 is 22.7 Å². The first-order valence-corrected chi connectivity index (χ1v) is 8.11. The van der Waals surface area contributed by atoms with Gasteiger partial charge in [-0.05, 0) is 23.6 Å². The lowest BCUT2D eigenvalue weighted by molar-refractivity contribution is 0.103. The molecule has 0 spiro atoms. The van der Waals surface area contributed by atoms with Gasteiger partial charge in [0.1, 0.15) is 0 Å². The number of amides is 1. The fourth-order valence-electron chi connectivity index (χ4n) is 1.88. The van der Waals surface area contributed by atoms with E-state index in [-0.39, 0.29) is 5.91 Å². The lowest BCUT2D eigenvalue weighted by Gasteiger charge is -2.05. The van der Waals surface area contributed by atoms with E-state index in [1.807, 2.05) is 54.2 Å². The first-order valence-electron chi connectivity index (χ1n) is 6.35. The number of hydrogen-bond acceptors (Lipinski definition) is 5. The molecule has 2 N–H and O–H groups in total. The molecule has 0 saturated carbocycles. The van der Waals surface area contributed by atoms with Gasteiger partial charge in [-0.1, -0.05) is 18.2 Å². The summed E-state index contributed by atoms with van der Waals surface area (Å²) in [4.78, 5) is 17.2. The van der Waals surface area contributed by atoms with E-state index < -0.39 is 0 Å². The van der Waals surface area contributed by atoms with Crippen molar-refractivity contribution in [3.63, 3.8) is 0 Å². The number of thiazole rings is 1. The van der Waals surface area contributed by atoms with Crippen molar-refractivity contribution in [2.75, 3.05) is 17.7 Å². The Morgan fingerprint density at radius 2 is 2.10 bits per heavy atom. The average molecular weight is 315 g/mol. The monoisotopic (exact) mass is 315 g/mol. The quantitative estimate of drug-likeness (QED) is 0.760. The highest BCUT2D eigenvalue weighted by Crippen LogP contribution is 2.26. The largest absolute Gasteiger partial charge is 0.365 e. The van der Waals surface area contributed by atoms with Gasteiger partial charge in [-0.25, -0.2) is 4.98 Å². The van der Waals surface area contributed by atoms with Gasteiger partial charge in [-0.3, -0.25) is 4.79 Å². The summed E-state index contributed by atoms with van der Waals surface area (Å²) in [6.45, 7) is 0. The Hall–Kier alpha value is -2.18. The van der Waals surface area contributed by atoms with Crippen LogP contribution in [0.15, 0.2) is 47.2 Å². The summed E-state index contributed by atoms with van der Waals surface area (Å²) in [5.74, 6) is -0.0867. The number of nitrogens with one attached hydrogen (secondary N) is 2. The van der Waals surface area contributed by atoms with Gasteiger partial charge in [0.25, 0.3) is 5.91 Å². The predicted molar refractivity (Wildman–Crippen MR) is 89.4 cm³/mol. The molecule has 0 aliphatic rings. The van der Waals surface area contributed by atoms with Gasteiger partial charge in [-0.2, -0.15) is 0 Å². The van der Waals surface area contributed by atoms with E-state index >= 15 is 0 Å². The van der Waals surface area contributed by atoms with Crippen molar-refractivity contribution in [2.24, 2.45) is 0 Å². The summed E-state index contributed by atoms with van der Waals surface area (Å²) in [7, 11) is 1.85. The third-order valence-electron chi connectivity index (χ3n) is 2.88. The standard InChI is InChI=1S/C15H13N3OS2/c1-16-15-18-12(9-21-15)10-4-2-5-11(8-10)17-14(19)13-6-3-7-20-13/h2-9H,1H3,(H,16,18)(H,17,19). The van der Waals surface area contributed by atoms with Crippen molar-refractivity contribution in [3.05, 3.63) is 52.0 Å². The van der Waals surface area contributed by atoms with Crippen LogP contribution in [0.25, 0.3) is 11.3 Å². The predicted octanol–water partition coefficient (Wildman–Crippen LogP) is 4.17. The molecule has 0 aliphatic heterocycles. The first-order chi connectivity index (χ1) is 10.3. The third kappa shape index (κ3) is 3.12. The van der Waals surface area contributed by atoms with Crippen molar-refractivity contribution in [1.29, 1.82) is 0 Å². The van der Waals surface area contributed by atoms with E-state index in [1.165, 1.54) is 11.3 Å². The van der Waals surface area contributed by atoms with E-state index in [0.29, 0.717) is 4.88 Å². The van der Waals surface area contributed by atoms with Crippen LogP contribution in [0.1, 0.15) is 9.67 Å². The Morgan fingerprint density at radius 3 is 2.81 bits per heavy atom. The van der Waals surface area contributed by atoms with Gasteiger partial charge in [0.05, 0.1) is 10.6 Å². The summed E-state index contributed by atoms with van der Waals surface area (Å²) >= 11 is 2.98. The van der Waals surface area contributed by atoms with E-state index in [9.17, 15) is 4.79 Å². The topological polar surface area (TPSA) is 54.0 Å². The molecule has 21 heavy (non-hydrogen) atoms. The lowest BCUT2D eigenvalue weighted by Crippen LogP contribution is -2.09. The number of aromatic nitrogens is 1. The Morgan fingerprint density at radius 1 is 1.19 bits per heavy atom. The molecule has 2 heterocycles. The van der Waals surface area contributed by atoms with Crippen LogP contribution in [0.4, 0.5) is 10.8 Å². The number of anilines is 2. The average Bonchev–Trinajstić information content (AvgIpc) is 3.19. The molecule has 106 valence electrons. The van der Waals surface area contributed by atoms with E-state index in [4.69, 9.17) is 0 Å². The second-order valence-corrected chi connectivity index (χ2v) is 6.11. The van der Waals surface area contributed by atoms with Crippen molar-refractivity contribution >= 4 is 39.4 Å². The lowest BCUT2D eigenvalue weighted by atomic mass is 10.1. The maximum absolute atomic E-state index is 12.0. The van der Waals surface area contributed by atoms with Crippen molar-refractivity contribution in [3.8, 4) is 11.3 Å². The number of carbonyl (C=O) groups is 1. The molecule has 1 aromatic carbocycles. The molecule has 0 bridgehead atoms. The Labute approximate surface area is 130 Å². The fraction of sp³-hybridized carbons (Fsp3) is 0.0667. The summed E-state index contributed by atoms with van der Waals surface area (Å²) in [5, 5.41) is 10.7. The second kappa shape index (κ2) is 6.07. The molecule has 3 rings (SSSR count). The van der Waals surface area contributed by atoms with Crippen LogP contribution in [0.5, 0.6) is 0 Å². The van der Waals surface area contributed by atoms with Gasteiger partial charge in [0.15, 0.2) is 5.13 Å². The molecule has 0 unspecified atom stereocenters. The summed E-state index contributed by atoms with van der Waals surface area (Å²) in [6.07, 6.45) is 0. The molecule has 1 amide bonds. The minimum atomic E-state index is -0.0867. The van der Waals surface area contributed by atoms with Crippen LogP contribution in [-0.2, 0) is 0 Å². The van der Waals surface area contributed by atoms with E-state index in [2.05, 4.69) is 15.6 Å². The molecule has 3 aromatic rings. The normalized spacial score (nSPS) is 10.3. The highest BCUT2D eigenvalue weighted by atomic mass is 32.1. The van der Waals surface area contributed by atoms with Crippen LogP contribution in [0.2, 0.25) is 0 Å². The summed E-state index contributed by atoms with van der Waals surface area (Å²) in [6, 6.07) is 11.4. The smallest absolute Gasteiger partial charge is 0.265 e. The third-order valence-corrected chi connectivity index (χ3v) is 4.61. The van der Waals surface area contributed by atoms with Crippen LogP contribution in [-0.4, -0.2) is 17.9 Å². The highest BCUT2D eigenvalue weighted by molar-refractivity contribution is 7.14. The number of nitrogens with zero attached hydrogens (tertiary/aromatic N) is 1. The van der Waals surface area contributed by atoms with Crippen LogP contribution in [0, 0.1) is 0 Å². The first kappa shape index (κ1) is 13.8. The zero-order valence-corrected chi connectivity index (χ0v) is 12.9. The highest BCUT2D eigenvalue weighted by Gasteiger charge is 2.08. The zero-order chi connectivity index (χ0) is 14.7. The molecule has 0 aliphatic carbocycles. The molecule has 6 heteroatoms. The molecule has 0 fully saturated rings. The molecule has 0 atom stereocenters. The number of rotatable bonds is 4. The van der Waals surface area contributed by atoms with Gasteiger partial charge >= 0.3 is 0 Å². The molecule has 0 saturated heterocycles. The van der Waals surface area contributed by atoms with Gasteiger partial charge in [0.2, 0.25) is 0 Å². The molecule has 0 radical (unpaired) electrons. The van der Waals surface area contributed by atoms with Crippen molar-refractivity contribution in [1.82, 2.24) is 4.98 Å². The number of carbonyl (C=O) groups excluding carboxylic acids is 1. The van der Waals surface area contributed by atoms with Gasteiger partial charge in [-0.15, -0.1) is 22.7 Å². The SMILES string of the molecule is CNc1nc(-c2cccc(NC(=O)c3cccs3)c2)cs1. The molecular weight excluding hydrogens is 302 g/mol. The number of benzene rings is 1. The summed E-state index contributed by atoms with van der Waals surface area (Å²) < 4.78 is 0. The maximum Gasteiger partial charge on any atom is 0.265 e. The zero-order valence-electron chi connectivity index (χ0n) is 11.3. The van der Waals surface area contributed by atoms with E-state index in [1.54, 1.807) is 11.3 Å². The number of hydrogen-bond donors (Lipinski definition) is 2. The van der Waals surface area contributed by atoms with Gasteiger partial charge in [0, 0.05) is 23.7 Å². The fourth-order valence-corrected chi connectivity index (χ4v) is 3.18.